The normalized spacial score (nSPS) is 12.0. The highest BCUT2D eigenvalue weighted by atomic mass is 16.4. The van der Waals surface area contributed by atoms with Crippen LogP contribution in [0.15, 0.2) is 0 Å². The molecule has 0 rings (SSSR count). The van der Waals surface area contributed by atoms with Gasteiger partial charge in [0.2, 0.25) is 0 Å². The molecule has 21 heavy (non-hydrogen) atoms. The third kappa shape index (κ3) is 14.1. The van der Waals surface area contributed by atoms with E-state index in [-0.39, 0.29) is 0 Å². The summed E-state index contributed by atoms with van der Waals surface area (Å²) in [6, 6.07) is 0. The molecule has 0 fully saturated rings. The van der Waals surface area contributed by atoms with Gasteiger partial charge in [0.1, 0.15) is 0 Å². The fourth-order valence-corrected chi connectivity index (χ4v) is 1.92. The third-order valence-corrected chi connectivity index (χ3v) is 3.33. The van der Waals surface area contributed by atoms with Crippen LogP contribution in [0.5, 0.6) is 0 Å². The van der Waals surface area contributed by atoms with Gasteiger partial charge < -0.3 is 10.0 Å². The smallest absolute Gasteiger partial charge is 0.309 e. The topological polar surface area (TPSA) is 40.5 Å². The van der Waals surface area contributed by atoms with Gasteiger partial charge in [-0.3, -0.25) is 4.79 Å². The van der Waals surface area contributed by atoms with Gasteiger partial charge in [-0.15, -0.1) is 0 Å². The minimum absolute atomic E-state index is 0.542. The molecule has 0 saturated carbocycles. The fraction of sp³-hybridized carbons (Fsp3) is 0.944. The Labute approximate surface area is 133 Å². The molecule has 0 aliphatic carbocycles. The standard InChI is InChI=1S/C12H27N.C6H12O2/c1-10(2)7-13(8-11(3)4)9-12(5)6;1-4-6(2,3)5(7)8/h10-12H,7-9H2,1-6H3;4H2,1-3H3,(H,7,8). The van der Waals surface area contributed by atoms with E-state index in [4.69, 9.17) is 5.11 Å². The fourth-order valence-electron chi connectivity index (χ4n) is 1.92. The van der Waals surface area contributed by atoms with Crippen LogP contribution in [0.1, 0.15) is 68.7 Å². The van der Waals surface area contributed by atoms with Crippen molar-refractivity contribution in [2.75, 3.05) is 19.6 Å². The van der Waals surface area contributed by atoms with Gasteiger partial charge in [0.25, 0.3) is 0 Å². The zero-order valence-corrected chi connectivity index (χ0v) is 15.9. The summed E-state index contributed by atoms with van der Waals surface area (Å²) >= 11 is 0. The number of hydrogen-bond donors (Lipinski definition) is 1. The SMILES string of the molecule is CC(C)CN(CC(C)C)CC(C)C.CCC(C)(C)C(=O)O. The number of carbonyl (C=O) groups is 1. The van der Waals surface area contributed by atoms with Crippen LogP contribution in [0, 0.1) is 23.2 Å². The van der Waals surface area contributed by atoms with E-state index in [1.165, 1.54) is 19.6 Å². The quantitative estimate of drug-likeness (QED) is 0.702. The van der Waals surface area contributed by atoms with Crippen molar-refractivity contribution in [3.8, 4) is 0 Å². The second-order valence-electron chi connectivity index (χ2n) is 7.94. The average molecular weight is 302 g/mol. The predicted molar refractivity (Wildman–Crippen MR) is 92.7 cm³/mol. The lowest BCUT2D eigenvalue weighted by Crippen LogP contribution is -2.34. The van der Waals surface area contributed by atoms with E-state index in [0.717, 1.165) is 17.8 Å². The molecule has 0 aliphatic heterocycles. The summed E-state index contributed by atoms with van der Waals surface area (Å²) in [7, 11) is 0. The lowest BCUT2D eigenvalue weighted by molar-refractivity contribution is -0.147. The largest absolute Gasteiger partial charge is 0.481 e. The third-order valence-electron chi connectivity index (χ3n) is 3.33. The Bertz CT molecular complexity index is 247. The van der Waals surface area contributed by atoms with E-state index in [1.807, 2.05) is 6.92 Å². The number of carboxylic acid groups (broad SMARTS) is 1. The molecule has 0 bridgehead atoms. The molecule has 0 spiro atoms. The van der Waals surface area contributed by atoms with Crippen LogP contribution in [0.3, 0.4) is 0 Å². The summed E-state index contributed by atoms with van der Waals surface area (Å²) in [5, 5.41) is 8.44. The summed E-state index contributed by atoms with van der Waals surface area (Å²) in [5.74, 6) is 1.65. The van der Waals surface area contributed by atoms with Crippen molar-refractivity contribution in [2.24, 2.45) is 23.2 Å². The highest BCUT2D eigenvalue weighted by molar-refractivity contribution is 5.73. The van der Waals surface area contributed by atoms with Crippen LogP contribution in [-0.2, 0) is 4.79 Å². The molecule has 0 saturated heterocycles. The van der Waals surface area contributed by atoms with Crippen molar-refractivity contribution in [1.82, 2.24) is 4.90 Å². The molecule has 0 radical (unpaired) electrons. The molecule has 0 aliphatic rings. The molecule has 0 aromatic heterocycles. The zero-order chi connectivity index (χ0) is 17.2. The van der Waals surface area contributed by atoms with Crippen molar-refractivity contribution >= 4 is 5.97 Å². The van der Waals surface area contributed by atoms with Crippen LogP contribution in [0.2, 0.25) is 0 Å². The molecular weight excluding hydrogens is 262 g/mol. The summed E-state index contributed by atoms with van der Waals surface area (Å²) in [6.45, 7) is 22.8. The molecular formula is C18H39NO2. The average Bonchev–Trinajstić information content (AvgIpc) is 2.26. The van der Waals surface area contributed by atoms with Gasteiger partial charge in [-0.25, -0.2) is 0 Å². The number of hydrogen-bond acceptors (Lipinski definition) is 2. The first kappa shape index (κ1) is 22.7. The second kappa shape index (κ2) is 11.1. The number of rotatable bonds is 8. The van der Waals surface area contributed by atoms with Gasteiger partial charge in [0.15, 0.2) is 0 Å². The maximum absolute atomic E-state index is 10.3. The molecule has 0 unspecified atom stereocenters. The Morgan fingerprint density at radius 1 is 0.905 bits per heavy atom. The van der Waals surface area contributed by atoms with Gasteiger partial charge in [0, 0.05) is 19.6 Å². The predicted octanol–water partition coefficient (Wildman–Crippen LogP) is 4.76. The van der Waals surface area contributed by atoms with Gasteiger partial charge in [0.05, 0.1) is 5.41 Å². The minimum atomic E-state index is -0.722. The summed E-state index contributed by atoms with van der Waals surface area (Å²) in [6.07, 6.45) is 0.683. The molecule has 1 N–H and O–H groups in total. The zero-order valence-electron chi connectivity index (χ0n) is 15.9. The number of nitrogens with zero attached hydrogens (tertiary/aromatic N) is 1. The van der Waals surface area contributed by atoms with Crippen molar-refractivity contribution in [1.29, 1.82) is 0 Å². The van der Waals surface area contributed by atoms with Crippen molar-refractivity contribution in [3.63, 3.8) is 0 Å². The van der Waals surface area contributed by atoms with E-state index in [2.05, 4.69) is 46.4 Å². The van der Waals surface area contributed by atoms with Gasteiger partial charge in [-0.05, 0) is 38.0 Å². The van der Waals surface area contributed by atoms with Gasteiger partial charge in [-0.1, -0.05) is 48.5 Å². The van der Waals surface area contributed by atoms with Crippen LogP contribution in [-0.4, -0.2) is 35.6 Å². The number of aliphatic carboxylic acids is 1. The summed E-state index contributed by atoms with van der Waals surface area (Å²) in [5.41, 5.74) is -0.542. The van der Waals surface area contributed by atoms with Crippen molar-refractivity contribution in [2.45, 2.75) is 68.7 Å². The first-order chi connectivity index (χ1) is 9.42. The Morgan fingerprint density at radius 3 is 1.29 bits per heavy atom. The first-order valence-corrected chi connectivity index (χ1v) is 8.38. The maximum Gasteiger partial charge on any atom is 0.309 e. The lowest BCUT2D eigenvalue weighted by atomic mass is 9.91. The second-order valence-corrected chi connectivity index (χ2v) is 7.94. The number of carboxylic acids is 1. The molecule has 3 heteroatoms. The van der Waals surface area contributed by atoms with Gasteiger partial charge >= 0.3 is 5.97 Å². The first-order valence-electron chi connectivity index (χ1n) is 8.38. The minimum Gasteiger partial charge on any atom is -0.481 e. The van der Waals surface area contributed by atoms with Gasteiger partial charge in [-0.2, -0.15) is 0 Å². The maximum atomic E-state index is 10.3. The van der Waals surface area contributed by atoms with E-state index in [0.29, 0.717) is 6.42 Å². The van der Waals surface area contributed by atoms with Crippen LogP contribution >= 0.6 is 0 Å². The molecule has 0 atom stereocenters. The van der Waals surface area contributed by atoms with E-state index in [1.54, 1.807) is 13.8 Å². The van der Waals surface area contributed by atoms with Crippen LogP contribution < -0.4 is 0 Å². The molecule has 0 aromatic rings. The molecule has 0 aromatic carbocycles. The Balaban J connectivity index is 0. The molecule has 3 nitrogen and oxygen atoms in total. The van der Waals surface area contributed by atoms with E-state index in [9.17, 15) is 4.79 Å². The van der Waals surface area contributed by atoms with Crippen molar-refractivity contribution in [3.05, 3.63) is 0 Å². The summed E-state index contributed by atoms with van der Waals surface area (Å²) in [4.78, 5) is 12.8. The Morgan fingerprint density at radius 2 is 1.19 bits per heavy atom. The highest BCUT2D eigenvalue weighted by Gasteiger charge is 2.23. The van der Waals surface area contributed by atoms with E-state index < -0.39 is 11.4 Å². The van der Waals surface area contributed by atoms with Crippen molar-refractivity contribution < 1.29 is 9.90 Å². The van der Waals surface area contributed by atoms with Crippen LogP contribution in [0.4, 0.5) is 0 Å². The van der Waals surface area contributed by atoms with E-state index >= 15 is 0 Å². The summed E-state index contributed by atoms with van der Waals surface area (Å²) < 4.78 is 0. The Hall–Kier alpha value is -0.570. The lowest BCUT2D eigenvalue weighted by Gasteiger charge is -2.27. The van der Waals surface area contributed by atoms with Crippen LogP contribution in [0.25, 0.3) is 0 Å². The highest BCUT2D eigenvalue weighted by Crippen LogP contribution is 2.18. The Kier molecular flexibility index (Phi) is 12.0. The monoisotopic (exact) mass is 301 g/mol. The molecule has 0 heterocycles. The molecule has 0 amide bonds. The molecule has 128 valence electrons.